The average Bonchev–Trinajstić information content (AvgIpc) is 2.17. The SMILES string of the molecule is CO[C@H]1CC[C@H](N(C)CC(C)C)CC1. The molecular weight excluding hydrogens is 174 g/mol. The molecule has 1 saturated carbocycles. The lowest BCUT2D eigenvalue weighted by Crippen LogP contribution is -2.38. The first kappa shape index (κ1) is 12.0. The van der Waals surface area contributed by atoms with Crippen molar-refractivity contribution < 1.29 is 4.74 Å². The molecule has 0 aromatic rings. The minimum absolute atomic E-state index is 0.527. The predicted octanol–water partition coefficient (Wildman–Crippen LogP) is 2.53. The summed E-state index contributed by atoms with van der Waals surface area (Å²) in [6.45, 7) is 5.80. The summed E-state index contributed by atoms with van der Waals surface area (Å²) in [5.41, 5.74) is 0. The van der Waals surface area contributed by atoms with Crippen molar-refractivity contribution in [2.75, 3.05) is 20.7 Å². The van der Waals surface area contributed by atoms with E-state index < -0.39 is 0 Å². The minimum Gasteiger partial charge on any atom is -0.381 e. The summed E-state index contributed by atoms with van der Waals surface area (Å²) >= 11 is 0. The van der Waals surface area contributed by atoms with E-state index in [1.165, 1.54) is 32.2 Å². The fraction of sp³-hybridized carbons (Fsp3) is 1.00. The Morgan fingerprint density at radius 1 is 1.21 bits per heavy atom. The second-order valence-corrected chi connectivity index (χ2v) is 5.00. The maximum atomic E-state index is 5.38. The molecule has 0 unspecified atom stereocenters. The van der Waals surface area contributed by atoms with E-state index in [0.717, 1.165) is 12.0 Å². The topological polar surface area (TPSA) is 12.5 Å². The van der Waals surface area contributed by atoms with Crippen LogP contribution >= 0.6 is 0 Å². The van der Waals surface area contributed by atoms with Crippen molar-refractivity contribution in [1.82, 2.24) is 4.90 Å². The molecule has 0 bridgehead atoms. The Kier molecular flexibility index (Phi) is 4.90. The highest BCUT2D eigenvalue weighted by Crippen LogP contribution is 2.24. The van der Waals surface area contributed by atoms with Crippen molar-refractivity contribution in [3.63, 3.8) is 0 Å². The summed E-state index contributed by atoms with van der Waals surface area (Å²) in [4.78, 5) is 2.52. The molecule has 2 heteroatoms. The van der Waals surface area contributed by atoms with Crippen molar-refractivity contribution in [3.05, 3.63) is 0 Å². The summed E-state index contributed by atoms with van der Waals surface area (Å²) in [6, 6.07) is 0.795. The van der Waals surface area contributed by atoms with Crippen LogP contribution in [0.5, 0.6) is 0 Å². The van der Waals surface area contributed by atoms with Gasteiger partial charge in [0.25, 0.3) is 0 Å². The van der Waals surface area contributed by atoms with Crippen molar-refractivity contribution in [2.45, 2.75) is 51.7 Å². The quantitative estimate of drug-likeness (QED) is 0.690. The first-order valence-electron chi connectivity index (χ1n) is 5.86. The van der Waals surface area contributed by atoms with Crippen LogP contribution in [0.4, 0.5) is 0 Å². The second-order valence-electron chi connectivity index (χ2n) is 5.00. The van der Waals surface area contributed by atoms with Crippen LogP contribution < -0.4 is 0 Å². The summed E-state index contributed by atoms with van der Waals surface area (Å²) < 4.78 is 5.38. The highest BCUT2D eigenvalue weighted by molar-refractivity contribution is 4.78. The van der Waals surface area contributed by atoms with Gasteiger partial charge in [-0.1, -0.05) is 13.8 Å². The second kappa shape index (κ2) is 5.72. The summed E-state index contributed by atoms with van der Waals surface area (Å²) in [5.74, 6) is 0.778. The molecule has 0 radical (unpaired) electrons. The zero-order chi connectivity index (χ0) is 10.6. The van der Waals surface area contributed by atoms with Crippen LogP contribution in [0.15, 0.2) is 0 Å². The van der Waals surface area contributed by atoms with Gasteiger partial charge < -0.3 is 9.64 Å². The minimum atomic E-state index is 0.527. The molecule has 0 aromatic heterocycles. The van der Waals surface area contributed by atoms with E-state index in [4.69, 9.17) is 4.74 Å². The van der Waals surface area contributed by atoms with E-state index in [1.54, 1.807) is 0 Å². The Morgan fingerprint density at radius 3 is 2.21 bits per heavy atom. The molecule has 1 rings (SSSR count). The Labute approximate surface area is 88.6 Å². The molecule has 14 heavy (non-hydrogen) atoms. The highest BCUT2D eigenvalue weighted by atomic mass is 16.5. The molecule has 0 aliphatic heterocycles. The molecule has 1 aliphatic carbocycles. The number of nitrogens with zero attached hydrogens (tertiary/aromatic N) is 1. The van der Waals surface area contributed by atoms with Gasteiger partial charge in [-0.3, -0.25) is 0 Å². The maximum Gasteiger partial charge on any atom is 0.0572 e. The lowest BCUT2D eigenvalue weighted by Gasteiger charge is -2.35. The zero-order valence-electron chi connectivity index (χ0n) is 10.1. The van der Waals surface area contributed by atoms with Crippen LogP contribution in [0.25, 0.3) is 0 Å². The van der Waals surface area contributed by atoms with Crippen LogP contribution in [0.3, 0.4) is 0 Å². The molecule has 0 spiro atoms. The van der Waals surface area contributed by atoms with Crippen molar-refractivity contribution in [2.24, 2.45) is 5.92 Å². The van der Waals surface area contributed by atoms with Crippen molar-refractivity contribution in [1.29, 1.82) is 0 Å². The van der Waals surface area contributed by atoms with Gasteiger partial charge in [0.15, 0.2) is 0 Å². The molecule has 84 valence electrons. The number of ether oxygens (including phenoxy) is 1. The van der Waals surface area contributed by atoms with Gasteiger partial charge in [0.2, 0.25) is 0 Å². The van der Waals surface area contributed by atoms with Crippen LogP contribution in [0.2, 0.25) is 0 Å². The molecule has 1 fully saturated rings. The van der Waals surface area contributed by atoms with Gasteiger partial charge in [-0.05, 0) is 38.6 Å². The fourth-order valence-electron chi connectivity index (χ4n) is 2.45. The first-order valence-corrected chi connectivity index (χ1v) is 5.86. The predicted molar refractivity (Wildman–Crippen MR) is 60.5 cm³/mol. The van der Waals surface area contributed by atoms with E-state index >= 15 is 0 Å². The van der Waals surface area contributed by atoms with E-state index in [2.05, 4.69) is 25.8 Å². The van der Waals surface area contributed by atoms with Gasteiger partial charge in [-0.15, -0.1) is 0 Å². The highest BCUT2D eigenvalue weighted by Gasteiger charge is 2.23. The van der Waals surface area contributed by atoms with Crippen LogP contribution in [0, 0.1) is 5.92 Å². The standard InChI is InChI=1S/C12H25NO/c1-10(2)9-13(3)11-5-7-12(14-4)8-6-11/h10-12H,5-9H2,1-4H3/t11-,12-. The summed E-state index contributed by atoms with van der Waals surface area (Å²) in [5, 5.41) is 0. The monoisotopic (exact) mass is 199 g/mol. The van der Waals surface area contributed by atoms with Crippen LogP contribution in [-0.4, -0.2) is 37.7 Å². The molecule has 2 nitrogen and oxygen atoms in total. The average molecular weight is 199 g/mol. The van der Waals surface area contributed by atoms with Gasteiger partial charge in [0, 0.05) is 19.7 Å². The molecule has 0 atom stereocenters. The molecule has 0 N–H and O–H groups in total. The zero-order valence-corrected chi connectivity index (χ0v) is 10.1. The third-order valence-corrected chi connectivity index (χ3v) is 3.25. The largest absolute Gasteiger partial charge is 0.381 e. The Balaban J connectivity index is 2.26. The molecule has 1 aliphatic rings. The van der Waals surface area contributed by atoms with Crippen LogP contribution in [-0.2, 0) is 4.74 Å². The summed E-state index contributed by atoms with van der Waals surface area (Å²) in [7, 11) is 4.10. The third-order valence-electron chi connectivity index (χ3n) is 3.25. The molecular formula is C12H25NO. The van der Waals surface area contributed by atoms with Crippen molar-refractivity contribution >= 4 is 0 Å². The van der Waals surface area contributed by atoms with Crippen LogP contribution in [0.1, 0.15) is 39.5 Å². The first-order chi connectivity index (χ1) is 6.63. The number of hydrogen-bond acceptors (Lipinski definition) is 2. The van der Waals surface area contributed by atoms with Gasteiger partial charge in [0.1, 0.15) is 0 Å². The van der Waals surface area contributed by atoms with Gasteiger partial charge in [-0.2, -0.15) is 0 Å². The molecule has 0 amide bonds. The Hall–Kier alpha value is -0.0800. The van der Waals surface area contributed by atoms with E-state index in [0.29, 0.717) is 6.10 Å². The third kappa shape index (κ3) is 3.58. The van der Waals surface area contributed by atoms with Gasteiger partial charge >= 0.3 is 0 Å². The van der Waals surface area contributed by atoms with Gasteiger partial charge in [0.05, 0.1) is 6.10 Å². The number of methoxy groups -OCH3 is 1. The normalized spacial score (nSPS) is 28.7. The fourth-order valence-corrected chi connectivity index (χ4v) is 2.45. The Morgan fingerprint density at radius 2 is 1.79 bits per heavy atom. The maximum absolute atomic E-state index is 5.38. The van der Waals surface area contributed by atoms with E-state index in [-0.39, 0.29) is 0 Å². The van der Waals surface area contributed by atoms with E-state index in [1.807, 2.05) is 7.11 Å². The summed E-state index contributed by atoms with van der Waals surface area (Å²) in [6.07, 6.45) is 5.62. The van der Waals surface area contributed by atoms with Gasteiger partial charge in [-0.25, -0.2) is 0 Å². The van der Waals surface area contributed by atoms with E-state index in [9.17, 15) is 0 Å². The lowest BCUT2D eigenvalue weighted by atomic mass is 9.91. The number of rotatable bonds is 4. The number of hydrogen-bond donors (Lipinski definition) is 0. The Bertz CT molecular complexity index is 150. The molecule has 0 aromatic carbocycles. The molecule has 0 saturated heterocycles. The molecule has 0 heterocycles. The smallest absolute Gasteiger partial charge is 0.0572 e. The van der Waals surface area contributed by atoms with Crippen molar-refractivity contribution in [3.8, 4) is 0 Å². The lowest BCUT2D eigenvalue weighted by molar-refractivity contribution is 0.0421.